The molecule has 35 heavy (non-hydrogen) atoms. The average molecular weight is 498 g/mol. The molecular formula is C26H32ClN5O3. The van der Waals surface area contributed by atoms with E-state index >= 15 is 0 Å². The first kappa shape index (κ1) is 24.9. The van der Waals surface area contributed by atoms with Crippen LogP contribution < -0.4 is 15.5 Å². The fraction of sp³-hybridized carbons (Fsp3) is 0.423. The van der Waals surface area contributed by atoms with Crippen molar-refractivity contribution in [2.45, 2.75) is 38.1 Å². The van der Waals surface area contributed by atoms with E-state index in [2.05, 4.69) is 22.5 Å². The van der Waals surface area contributed by atoms with Crippen LogP contribution in [0.25, 0.3) is 0 Å². The van der Waals surface area contributed by atoms with Gasteiger partial charge in [0.1, 0.15) is 12.1 Å². The van der Waals surface area contributed by atoms with Gasteiger partial charge in [0.2, 0.25) is 5.91 Å². The molecule has 2 aliphatic heterocycles. The van der Waals surface area contributed by atoms with E-state index in [1.807, 2.05) is 30.3 Å². The van der Waals surface area contributed by atoms with Crippen LogP contribution in [-0.2, 0) is 9.59 Å². The Morgan fingerprint density at radius 1 is 1.06 bits per heavy atom. The molecule has 2 aromatic carbocycles. The van der Waals surface area contributed by atoms with Crippen molar-refractivity contribution in [3.8, 4) is 0 Å². The minimum Gasteiger partial charge on any atom is -0.339 e. The third-order valence-corrected chi connectivity index (χ3v) is 6.94. The zero-order valence-electron chi connectivity index (χ0n) is 20.0. The van der Waals surface area contributed by atoms with Crippen LogP contribution in [0, 0.1) is 0 Å². The Morgan fingerprint density at radius 2 is 1.80 bits per heavy atom. The Hall–Kier alpha value is -3.26. The first-order chi connectivity index (χ1) is 16.9. The molecule has 0 bridgehead atoms. The lowest BCUT2D eigenvalue weighted by Gasteiger charge is -2.43. The summed E-state index contributed by atoms with van der Waals surface area (Å²) in [6, 6.07) is 16.6. The van der Waals surface area contributed by atoms with Gasteiger partial charge in [-0.25, -0.2) is 4.79 Å². The molecule has 0 aromatic heterocycles. The number of nitrogens with one attached hydrogen (secondary N) is 2. The van der Waals surface area contributed by atoms with E-state index in [1.165, 1.54) is 0 Å². The number of unbranched alkanes of at least 4 members (excludes halogenated alkanes) is 1. The number of carbonyl (C=O) groups is 3. The molecule has 4 rings (SSSR count). The quantitative estimate of drug-likeness (QED) is 0.568. The van der Waals surface area contributed by atoms with Gasteiger partial charge in [0.25, 0.3) is 5.91 Å². The summed E-state index contributed by atoms with van der Waals surface area (Å²) in [5, 5.41) is 6.32. The average Bonchev–Trinajstić information content (AvgIpc) is 3.11. The monoisotopic (exact) mass is 497 g/mol. The number of para-hydroxylation sites is 1. The third kappa shape index (κ3) is 5.53. The lowest BCUT2D eigenvalue weighted by molar-refractivity contribution is -0.136. The van der Waals surface area contributed by atoms with Gasteiger partial charge >= 0.3 is 6.03 Å². The molecule has 2 heterocycles. The van der Waals surface area contributed by atoms with Gasteiger partial charge in [-0.05, 0) is 49.6 Å². The Kier molecular flexibility index (Phi) is 7.80. The molecule has 2 aromatic rings. The number of nitrogens with zero attached hydrogens (tertiary/aromatic N) is 3. The first-order valence-electron chi connectivity index (χ1n) is 12.1. The lowest BCUT2D eigenvalue weighted by atomic mass is 9.85. The molecule has 0 unspecified atom stereocenters. The van der Waals surface area contributed by atoms with Crippen LogP contribution in [0.15, 0.2) is 54.6 Å². The van der Waals surface area contributed by atoms with Crippen molar-refractivity contribution in [1.82, 2.24) is 15.1 Å². The summed E-state index contributed by atoms with van der Waals surface area (Å²) in [5.41, 5.74) is 0.739. The van der Waals surface area contributed by atoms with Crippen LogP contribution in [0.3, 0.4) is 0 Å². The molecule has 2 aliphatic rings. The fourth-order valence-corrected chi connectivity index (χ4v) is 5.02. The molecule has 2 saturated heterocycles. The van der Waals surface area contributed by atoms with Crippen LogP contribution in [0.5, 0.6) is 0 Å². The second-order valence-corrected chi connectivity index (χ2v) is 9.51. The summed E-state index contributed by atoms with van der Waals surface area (Å²) in [4.78, 5) is 44.6. The number of anilines is 2. The van der Waals surface area contributed by atoms with Crippen LogP contribution in [-0.4, -0.2) is 66.0 Å². The lowest BCUT2D eigenvalue weighted by Crippen LogP contribution is -2.58. The van der Waals surface area contributed by atoms with Gasteiger partial charge in [0.15, 0.2) is 0 Å². The molecule has 2 N–H and O–H groups in total. The summed E-state index contributed by atoms with van der Waals surface area (Å²) in [6.45, 7) is 3.96. The number of benzene rings is 2. The predicted octanol–water partition coefficient (Wildman–Crippen LogP) is 3.93. The highest BCUT2D eigenvalue weighted by atomic mass is 35.5. The maximum absolute atomic E-state index is 13.8. The van der Waals surface area contributed by atoms with Gasteiger partial charge in [-0.2, -0.15) is 0 Å². The highest BCUT2D eigenvalue weighted by Gasteiger charge is 2.54. The number of halogens is 1. The minimum atomic E-state index is -0.780. The van der Waals surface area contributed by atoms with Crippen LogP contribution in [0.2, 0.25) is 5.02 Å². The Labute approximate surface area is 211 Å². The van der Waals surface area contributed by atoms with Gasteiger partial charge in [0, 0.05) is 36.0 Å². The summed E-state index contributed by atoms with van der Waals surface area (Å²) in [5.74, 6) is -0.355. The number of urea groups is 1. The third-order valence-electron chi connectivity index (χ3n) is 6.71. The highest BCUT2D eigenvalue weighted by molar-refractivity contribution is 6.30. The number of hydrogen-bond acceptors (Lipinski definition) is 4. The molecule has 1 spiro atoms. The van der Waals surface area contributed by atoms with E-state index in [1.54, 1.807) is 34.1 Å². The number of hydrogen-bond donors (Lipinski definition) is 2. The number of carbonyl (C=O) groups excluding carboxylic acids is 3. The van der Waals surface area contributed by atoms with Gasteiger partial charge < -0.3 is 25.3 Å². The fourth-order valence-electron chi connectivity index (χ4n) is 4.83. The van der Waals surface area contributed by atoms with E-state index in [0.717, 1.165) is 18.5 Å². The van der Waals surface area contributed by atoms with Crippen molar-refractivity contribution in [2.75, 3.05) is 43.1 Å². The molecular weight excluding hydrogens is 466 g/mol. The molecule has 0 aliphatic carbocycles. The maximum Gasteiger partial charge on any atom is 0.317 e. The number of amides is 4. The topological polar surface area (TPSA) is 85.0 Å². The first-order valence-corrected chi connectivity index (χ1v) is 12.5. The molecule has 2 fully saturated rings. The van der Waals surface area contributed by atoms with Crippen LogP contribution in [0.4, 0.5) is 16.2 Å². The van der Waals surface area contributed by atoms with Gasteiger partial charge in [0.05, 0.1) is 6.67 Å². The SMILES string of the molecule is CCCCNC(=O)N1CCC2(CC1)C(=O)N(CC(=O)Nc1cccc(Cl)c1)CN2c1ccccc1. The molecule has 4 amide bonds. The van der Waals surface area contributed by atoms with E-state index < -0.39 is 5.54 Å². The second-order valence-electron chi connectivity index (χ2n) is 9.07. The van der Waals surface area contributed by atoms with Crippen molar-refractivity contribution < 1.29 is 14.4 Å². The summed E-state index contributed by atoms with van der Waals surface area (Å²) in [7, 11) is 0. The van der Waals surface area contributed by atoms with E-state index in [9.17, 15) is 14.4 Å². The number of likely N-dealkylation sites (tertiary alicyclic amines) is 1. The molecule has 9 heteroatoms. The molecule has 8 nitrogen and oxygen atoms in total. The summed E-state index contributed by atoms with van der Waals surface area (Å²) in [6.07, 6.45) is 2.98. The summed E-state index contributed by atoms with van der Waals surface area (Å²) < 4.78 is 0. The van der Waals surface area contributed by atoms with Crippen LogP contribution in [0.1, 0.15) is 32.6 Å². The van der Waals surface area contributed by atoms with E-state index in [0.29, 0.717) is 49.9 Å². The van der Waals surface area contributed by atoms with Gasteiger partial charge in [-0.1, -0.05) is 49.2 Å². The zero-order chi connectivity index (χ0) is 24.8. The van der Waals surface area contributed by atoms with E-state index in [4.69, 9.17) is 11.6 Å². The zero-order valence-corrected chi connectivity index (χ0v) is 20.8. The summed E-state index contributed by atoms with van der Waals surface area (Å²) >= 11 is 6.02. The smallest absolute Gasteiger partial charge is 0.317 e. The molecule has 0 saturated carbocycles. The van der Waals surface area contributed by atoms with Gasteiger partial charge in [-0.15, -0.1) is 0 Å². The van der Waals surface area contributed by atoms with Crippen molar-refractivity contribution in [3.63, 3.8) is 0 Å². The predicted molar refractivity (Wildman–Crippen MR) is 137 cm³/mol. The van der Waals surface area contributed by atoms with Crippen LogP contribution >= 0.6 is 11.6 Å². The molecule has 0 atom stereocenters. The maximum atomic E-state index is 13.8. The van der Waals surface area contributed by atoms with Crippen molar-refractivity contribution in [2.24, 2.45) is 0 Å². The minimum absolute atomic E-state index is 0.0579. The second kappa shape index (κ2) is 11.0. The van der Waals surface area contributed by atoms with Gasteiger partial charge in [-0.3, -0.25) is 9.59 Å². The number of piperidine rings is 1. The highest BCUT2D eigenvalue weighted by Crippen LogP contribution is 2.39. The van der Waals surface area contributed by atoms with Crippen molar-refractivity contribution in [1.29, 1.82) is 0 Å². The Morgan fingerprint density at radius 3 is 2.49 bits per heavy atom. The standard InChI is InChI=1S/C26H32ClN5O3/c1-2-3-14-28-25(35)30-15-12-26(13-16-30)24(34)31(19-32(26)22-10-5-4-6-11-22)18-23(33)29-21-9-7-8-20(27)17-21/h4-11,17H,2-3,12-16,18-19H2,1H3,(H,28,35)(H,29,33). The Balaban J connectivity index is 1.48. The normalized spacial score (nSPS) is 17.1. The van der Waals surface area contributed by atoms with Crippen molar-refractivity contribution in [3.05, 3.63) is 59.6 Å². The largest absolute Gasteiger partial charge is 0.339 e. The van der Waals surface area contributed by atoms with Crippen molar-refractivity contribution >= 4 is 40.8 Å². The molecule has 0 radical (unpaired) electrons. The number of rotatable bonds is 7. The van der Waals surface area contributed by atoms with E-state index in [-0.39, 0.29) is 24.4 Å². The Bertz CT molecular complexity index is 1060. The molecule has 186 valence electrons.